The molecule has 0 aromatic rings. The van der Waals surface area contributed by atoms with Crippen molar-refractivity contribution >= 4 is 23.5 Å². The van der Waals surface area contributed by atoms with E-state index in [2.05, 4.69) is 5.32 Å². The van der Waals surface area contributed by atoms with Crippen LogP contribution in [-0.4, -0.2) is 173 Å². The lowest BCUT2D eigenvalue weighted by Crippen LogP contribution is -2.62. The molecule has 2 fully saturated rings. The van der Waals surface area contributed by atoms with E-state index in [9.17, 15) is 60.7 Å². The van der Waals surface area contributed by atoms with E-state index >= 15 is 0 Å². The van der Waals surface area contributed by atoms with Crippen molar-refractivity contribution < 1.29 is 79.6 Å². The fourth-order valence-electron chi connectivity index (χ4n) is 8.39. The number of nitrogens with one attached hydrogen (secondary N) is 1. The Bertz CT molecular complexity index is 1750. The van der Waals surface area contributed by atoms with E-state index < -0.39 is 147 Å². The third-order valence-electron chi connectivity index (χ3n) is 12.6. The highest BCUT2D eigenvalue weighted by molar-refractivity contribution is 6.17. The second kappa shape index (κ2) is 30.7. The maximum absolute atomic E-state index is 13.6. The molecule has 2 saturated heterocycles. The van der Waals surface area contributed by atoms with Crippen molar-refractivity contribution in [1.29, 1.82) is 0 Å². The molecule has 0 radical (unpaired) electrons. The van der Waals surface area contributed by atoms with Gasteiger partial charge in [0.2, 0.25) is 5.91 Å². The molecule has 1 amide bonds. The van der Waals surface area contributed by atoms with Gasteiger partial charge in [-0.3, -0.25) is 9.59 Å². The van der Waals surface area contributed by atoms with Gasteiger partial charge in [-0.2, -0.15) is 0 Å². The van der Waals surface area contributed by atoms with Crippen LogP contribution in [0, 0.1) is 17.8 Å². The number of cyclic esters (lactones) is 1. The maximum atomic E-state index is 13.6. The number of ether oxygens (including phenoxy) is 4. The van der Waals surface area contributed by atoms with Gasteiger partial charge in [0.15, 0.2) is 12.1 Å². The van der Waals surface area contributed by atoms with Gasteiger partial charge in [-0.25, -0.2) is 0 Å². The minimum Gasteiger partial charge on any atom is -0.462 e. The maximum Gasteiger partial charge on any atom is 0.308 e. The summed E-state index contributed by atoms with van der Waals surface area (Å²) in [4.78, 5) is 26.3. The lowest BCUT2D eigenvalue weighted by atomic mass is 9.82. The Morgan fingerprint density at radius 2 is 1.32 bits per heavy atom. The zero-order valence-corrected chi connectivity index (χ0v) is 40.9. The fraction of sp³-hybridized carbons (Fsp3) is 0.680. The topological polar surface area (TPSA) is 311 Å². The molecule has 0 spiro atoms. The number of carbonyl (C=O) groups excluding carboxylic acids is 2. The van der Waals surface area contributed by atoms with Crippen molar-refractivity contribution in [2.24, 2.45) is 23.5 Å². The summed E-state index contributed by atoms with van der Waals surface area (Å²) in [6.07, 6.45) is 5.12. The molecule has 392 valence electrons. The number of hydrogen-bond acceptors (Lipinski definition) is 17. The number of aliphatic hydroxyl groups excluding tert-OH is 9. The smallest absolute Gasteiger partial charge is 0.308 e. The van der Waals surface area contributed by atoms with E-state index in [1.165, 1.54) is 0 Å². The Labute approximate surface area is 411 Å². The molecule has 3 heterocycles. The SMILES string of the molecule is C[C@@H]1[C@H](O)[C@@H](C)/C=C/C=C/C=C/C=C/C=C/C=C/C=C/[C@H](O[C@@H]2O[C@H](C)[C@@H](O)[C@H](N)[C@@H]2O)C[C@@H]2O[C@](O)(C[C@@H](O)C[C@@H](O)[C@H](O)CC[C@@H](O)C[C@@H](O)CC(=O)O[C@H]1C)C[C@H](O)[C@H]2C(=O)NCCCCl. The number of nitrogens with two attached hydrogens (primary N) is 1. The van der Waals surface area contributed by atoms with E-state index in [-0.39, 0.29) is 44.0 Å². The molecule has 0 saturated carbocycles. The van der Waals surface area contributed by atoms with Crippen LogP contribution >= 0.6 is 11.6 Å². The second-order valence-electron chi connectivity index (χ2n) is 18.6. The summed E-state index contributed by atoms with van der Waals surface area (Å²) in [7, 11) is 0. The fourth-order valence-corrected chi connectivity index (χ4v) is 8.52. The zero-order chi connectivity index (χ0) is 51.3. The van der Waals surface area contributed by atoms with Gasteiger partial charge in [-0.05, 0) is 39.5 Å². The zero-order valence-electron chi connectivity index (χ0n) is 40.1. The normalized spacial score (nSPS) is 43.5. The second-order valence-corrected chi connectivity index (χ2v) is 18.9. The highest BCUT2D eigenvalue weighted by atomic mass is 35.5. The highest BCUT2D eigenvalue weighted by Crippen LogP contribution is 2.38. The average molecular weight is 1000 g/mol. The van der Waals surface area contributed by atoms with E-state index in [4.69, 9.17) is 36.3 Å². The van der Waals surface area contributed by atoms with Crippen molar-refractivity contribution in [1.82, 2.24) is 5.32 Å². The van der Waals surface area contributed by atoms with Gasteiger partial charge in [0, 0.05) is 49.9 Å². The molecule has 3 aliphatic rings. The molecule has 13 N–H and O–H groups in total. The van der Waals surface area contributed by atoms with Gasteiger partial charge in [-0.1, -0.05) is 98.9 Å². The number of esters is 1. The Balaban J connectivity index is 1.92. The lowest BCUT2D eigenvalue weighted by molar-refractivity contribution is -0.307. The van der Waals surface area contributed by atoms with Crippen LogP contribution in [0.1, 0.15) is 85.5 Å². The van der Waals surface area contributed by atoms with E-state index in [1.54, 1.807) is 69.4 Å². The molecule has 0 aromatic heterocycles. The van der Waals surface area contributed by atoms with Crippen LogP contribution in [-0.2, 0) is 28.5 Å². The molecule has 3 rings (SSSR count). The van der Waals surface area contributed by atoms with Gasteiger partial charge in [-0.15, -0.1) is 11.6 Å². The summed E-state index contributed by atoms with van der Waals surface area (Å²) in [5, 5.41) is 112. The van der Waals surface area contributed by atoms with Crippen molar-refractivity contribution in [2.45, 2.75) is 183 Å². The molecule has 0 unspecified atom stereocenters. The van der Waals surface area contributed by atoms with E-state index in [1.807, 2.05) is 43.4 Å². The predicted octanol–water partition coefficient (Wildman–Crippen LogP) is 1.37. The van der Waals surface area contributed by atoms with Crippen molar-refractivity contribution in [3.63, 3.8) is 0 Å². The third-order valence-corrected chi connectivity index (χ3v) is 12.9. The van der Waals surface area contributed by atoms with Crippen LogP contribution in [0.3, 0.4) is 0 Å². The largest absolute Gasteiger partial charge is 0.462 e. The number of amides is 1. The van der Waals surface area contributed by atoms with Crippen LogP contribution < -0.4 is 11.1 Å². The first-order valence-corrected chi connectivity index (χ1v) is 24.5. The number of carbonyl (C=O) groups is 2. The molecule has 0 aliphatic carbocycles. The summed E-state index contributed by atoms with van der Waals surface area (Å²) in [5.41, 5.74) is 6.09. The minimum atomic E-state index is -2.27. The monoisotopic (exact) mass is 999 g/mol. The van der Waals surface area contributed by atoms with Crippen molar-refractivity contribution in [2.75, 3.05) is 12.4 Å². The molecule has 19 heteroatoms. The van der Waals surface area contributed by atoms with Crippen molar-refractivity contribution in [3.8, 4) is 0 Å². The quantitative estimate of drug-likeness (QED) is 0.102. The molecule has 2 bridgehead atoms. The van der Waals surface area contributed by atoms with Gasteiger partial charge < -0.3 is 81.1 Å². The number of aliphatic hydroxyl groups is 10. The van der Waals surface area contributed by atoms with Crippen molar-refractivity contribution in [3.05, 3.63) is 85.1 Å². The van der Waals surface area contributed by atoms with Crippen LogP contribution in [0.25, 0.3) is 0 Å². The molecule has 19 atom stereocenters. The van der Waals surface area contributed by atoms with Gasteiger partial charge >= 0.3 is 5.97 Å². The highest BCUT2D eigenvalue weighted by Gasteiger charge is 2.51. The standard InChI is InChI=1S/C50H79ClN2O16/c1-30-18-15-13-11-9-7-5-6-8-10-12-14-16-19-37(68-49-47(63)44(52)46(62)33(4)67-49)27-41-43(48(64)53-23-17-22-51)40(59)29-50(65,69-41)28-36(56)25-39(58)38(57)21-20-34(54)24-35(55)26-42(60)66-32(3)31(2)45(30)61/h5-16,18-19,30-41,43-47,49,54-59,61-63,65H,17,20-29,52H2,1-4H3,(H,53,64)/b6-5+,9-7+,10-8+,13-11+,14-12+,18-15+,19-16+/t30-,31-,32-,33+,34+,35+,36-,37-,38+,39+,40-,41-,43+,44-,45+,46+,47-,49-,50+/m0/s1. The van der Waals surface area contributed by atoms with Crippen LogP contribution in [0.4, 0.5) is 0 Å². The van der Waals surface area contributed by atoms with E-state index in [0.717, 1.165) is 0 Å². The third kappa shape index (κ3) is 20.8. The molecule has 3 aliphatic heterocycles. The van der Waals surface area contributed by atoms with Gasteiger partial charge in [0.1, 0.15) is 12.2 Å². The van der Waals surface area contributed by atoms with Gasteiger partial charge in [0.25, 0.3) is 0 Å². The number of rotatable bonds is 6. The summed E-state index contributed by atoms with van der Waals surface area (Å²) in [5.74, 6) is -5.35. The summed E-state index contributed by atoms with van der Waals surface area (Å²) in [6.45, 7) is 6.97. The predicted molar refractivity (Wildman–Crippen MR) is 258 cm³/mol. The number of halogens is 1. The number of alkyl halides is 1. The molecule has 18 nitrogen and oxygen atoms in total. The van der Waals surface area contributed by atoms with E-state index in [0.29, 0.717) is 6.42 Å². The summed E-state index contributed by atoms with van der Waals surface area (Å²) in [6, 6.07) is -1.13. The summed E-state index contributed by atoms with van der Waals surface area (Å²) >= 11 is 5.84. The molecular formula is C50H79ClN2O16. The first-order chi connectivity index (χ1) is 32.7. The number of fused-ring (bicyclic) bond motifs is 2. The Hall–Kier alpha value is -3.15. The molecule has 69 heavy (non-hydrogen) atoms. The van der Waals surface area contributed by atoms with Gasteiger partial charge in [0.05, 0.1) is 85.5 Å². The van der Waals surface area contributed by atoms with Crippen LogP contribution in [0.15, 0.2) is 85.1 Å². The number of allylic oxidation sites excluding steroid dienone is 12. The Morgan fingerprint density at radius 1 is 0.725 bits per heavy atom. The Morgan fingerprint density at radius 3 is 1.93 bits per heavy atom. The molecule has 0 aromatic carbocycles. The average Bonchev–Trinajstić information content (AvgIpc) is 3.27. The first kappa shape index (κ1) is 60.2. The Kier molecular flexibility index (Phi) is 26.7. The number of hydrogen-bond donors (Lipinski definition) is 12. The molecular weight excluding hydrogens is 920 g/mol. The minimum absolute atomic E-state index is 0.0955. The van der Waals surface area contributed by atoms with Crippen LogP contribution in [0.2, 0.25) is 0 Å². The first-order valence-electron chi connectivity index (χ1n) is 24.0. The summed E-state index contributed by atoms with van der Waals surface area (Å²) < 4.78 is 23.7. The lowest BCUT2D eigenvalue weighted by Gasteiger charge is -2.46. The van der Waals surface area contributed by atoms with Crippen LogP contribution in [0.5, 0.6) is 0 Å².